The first-order chi connectivity index (χ1) is 9.25. The summed E-state index contributed by atoms with van der Waals surface area (Å²) in [6.07, 6.45) is 1.30. The van der Waals surface area contributed by atoms with Crippen molar-refractivity contribution in [3.8, 4) is 0 Å². The molecule has 1 aromatic heterocycles. The van der Waals surface area contributed by atoms with Crippen LogP contribution in [-0.2, 0) is 0 Å². The van der Waals surface area contributed by atoms with E-state index < -0.39 is 0 Å². The van der Waals surface area contributed by atoms with E-state index in [0.29, 0.717) is 33.4 Å². The van der Waals surface area contributed by atoms with Crippen LogP contribution < -0.4 is 0 Å². The second-order valence-electron chi connectivity index (χ2n) is 4.42. The van der Waals surface area contributed by atoms with E-state index in [-0.39, 0.29) is 11.6 Å². The molecule has 90 valence electrons. The first-order valence-corrected chi connectivity index (χ1v) is 5.81. The zero-order chi connectivity index (χ0) is 13.0. The van der Waals surface area contributed by atoms with Crippen LogP contribution in [0.1, 0.15) is 31.8 Å². The molecule has 0 N–H and O–H groups in total. The number of hydrogen-bond donors (Lipinski definition) is 0. The topological polar surface area (TPSA) is 60.2 Å². The van der Waals surface area contributed by atoms with Crippen LogP contribution in [0.3, 0.4) is 0 Å². The molecule has 4 rings (SSSR count). The Morgan fingerprint density at radius 3 is 2.16 bits per heavy atom. The van der Waals surface area contributed by atoms with Gasteiger partial charge in [0.15, 0.2) is 23.5 Å². The van der Waals surface area contributed by atoms with E-state index in [1.807, 2.05) is 0 Å². The number of nitrogens with zero attached hydrogens (tertiary/aromatic N) is 1. The average Bonchev–Trinajstić information content (AvgIpc) is 2.90. The Hall–Kier alpha value is -2.75. The van der Waals surface area contributed by atoms with Crippen LogP contribution in [0.25, 0.3) is 11.1 Å². The van der Waals surface area contributed by atoms with E-state index in [2.05, 4.69) is 4.98 Å². The van der Waals surface area contributed by atoms with Gasteiger partial charge in [0.1, 0.15) is 5.52 Å². The van der Waals surface area contributed by atoms with Crippen molar-refractivity contribution in [2.24, 2.45) is 0 Å². The van der Waals surface area contributed by atoms with Crippen LogP contribution >= 0.6 is 0 Å². The summed E-state index contributed by atoms with van der Waals surface area (Å²) in [5.41, 5.74) is 2.76. The highest BCUT2D eigenvalue weighted by Gasteiger charge is 2.30. The van der Waals surface area contributed by atoms with Gasteiger partial charge in [0.2, 0.25) is 0 Å². The standard InChI is InChI=1S/C15H7NO3/c17-14-8-3-1-2-4-9(8)15(18)11-6-13-12(5-10(11)14)16-7-19-13/h1-7H. The lowest BCUT2D eigenvalue weighted by atomic mass is 9.84. The van der Waals surface area contributed by atoms with E-state index in [1.165, 1.54) is 6.39 Å². The van der Waals surface area contributed by atoms with E-state index in [9.17, 15) is 9.59 Å². The zero-order valence-corrected chi connectivity index (χ0v) is 9.71. The van der Waals surface area contributed by atoms with Crippen LogP contribution in [-0.4, -0.2) is 16.6 Å². The molecule has 0 amide bonds. The Kier molecular flexibility index (Phi) is 1.82. The molecule has 1 heterocycles. The molecule has 19 heavy (non-hydrogen) atoms. The maximum absolute atomic E-state index is 12.4. The minimum atomic E-state index is -0.150. The van der Waals surface area contributed by atoms with Crippen molar-refractivity contribution in [2.45, 2.75) is 0 Å². The van der Waals surface area contributed by atoms with Gasteiger partial charge < -0.3 is 4.42 Å². The van der Waals surface area contributed by atoms with Gasteiger partial charge in [-0.1, -0.05) is 24.3 Å². The van der Waals surface area contributed by atoms with Crippen molar-refractivity contribution in [2.75, 3.05) is 0 Å². The second kappa shape index (κ2) is 3.38. The van der Waals surface area contributed by atoms with Gasteiger partial charge in [-0.05, 0) is 12.1 Å². The van der Waals surface area contributed by atoms with E-state index >= 15 is 0 Å². The summed E-state index contributed by atoms with van der Waals surface area (Å²) in [6, 6.07) is 10.1. The maximum atomic E-state index is 12.4. The van der Waals surface area contributed by atoms with Gasteiger partial charge in [0.05, 0.1) is 0 Å². The number of ketones is 2. The third-order valence-corrected chi connectivity index (χ3v) is 3.38. The molecule has 0 saturated carbocycles. The maximum Gasteiger partial charge on any atom is 0.194 e. The summed E-state index contributed by atoms with van der Waals surface area (Å²) in [4.78, 5) is 28.8. The minimum Gasteiger partial charge on any atom is -0.443 e. The van der Waals surface area contributed by atoms with Gasteiger partial charge in [0, 0.05) is 22.3 Å². The predicted octanol–water partition coefficient (Wildman–Crippen LogP) is 2.60. The molecule has 0 atom stereocenters. The lowest BCUT2D eigenvalue weighted by molar-refractivity contribution is 0.0979. The summed E-state index contributed by atoms with van der Waals surface area (Å²) in [5, 5.41) is 0. The highest BCUT2D eigenvalue weighted by molar-refractivity contribution is 6.29. The number of hydrogen-bond acceptors (Lipinski definition) is 4. The summed E-state index contributed by atoms with van der Waals surface area (Å²) >= 11 is 0. The quantitative estimate of drug-likeness (QED) is 0.480. The number of benzene rings is 2. The highest BCUT2D eigenvalue weighted by Crippen LogP contribution is 2.29. The predicted molar refractivity (Wildman–Crippen MR) is 67.3 cm³/mol. The third-order valence-electron chi connectivity index (χ3n) is 3.38. The molecule has 2 aromatic carbocycles. The largest absolute Gasteiger partial charge is 0.443 e. The Labute approximate surface area is 107 Å². The molecule has 1 aliphatic carbocycles. The van der Waals surface area contributed by atoms with Crippen LogP contribution in [0.4, 0.5) is 0 Å². The fraction of sp³-hybridized carbons (Fsp3) is 0. The Balaban J connectivity index is 2.09. The van der Waals surface area contributed by atoms with Crippen molar-refractivity contribution >= 4 is 22.7 Å². The first-order valence-electron chi connectivity index (χ1n) is 5.81. The molecule has 4 nitrogen and oxygen atoms in total. The number of fused-ring (bicyclic) bond motifs is 3. The summed E-state index contributed by atoms with van der Waals surface area (Å²) in [7, 11) is 0. The Morgan fingerprint density at radius 2 is 1.47 bits per heavy atom. The van der Waals surface area contributed by atoms with E-state index in [1.54, 1.807) is 36.4 Å². The molecular formula is C15H7NO3. The summed E-state index contributed by atoms with van der Waals surface area (Å²) in [5.74, 6) is -0.293. The Morgan fingerprint density at radius 1 is 0.842 bits per heavy atom. The van der Waals surface area contributed by atoms with Gasteiger partial charge in [-0.3, -0.25) is 9.59 Å². The van der Waals surface area contributed by atoms with Crippen molar-refractivity contribution in [1.29, 1.82) is 0 Å². The molecule has 0 spiro atoms. The van der Waals surface area contributed by atoms with E-state index in [0.717, 1.165) is 0 Å². The molecule has 4 heteroatoms. The molecule has 0 aliphatic heterocycles. The van der Waals surface area contributed by atoms with Gasteiger partial charge >= 0.3 is 0 Å². The van der Waals surface area contributed by atoms with Gasteiger partial charge in [-0.15, -0.1) is 0 Å². The molecular weight excluding hydrogens is 242 g/mol. The molecule has 0 saturated heterocycles. The van der Waals surface area contributed by atoms with Crippen molar-refractivity contribution < 1.29 is 14.0 Å². The van der Waals surface area contributed by atoms with Gasteiger partial charge in [0.25, 0.3) is 0 Å². The first kappa shape index (κ1) is 10.2. The normalized spacial score (nSPS) is 13.5. The fourth-order valence-electron chi connectivity index (χ4n) is 2.45. The molecule has 0 unspecified atom stereocenters. The van der Waals surface area contributed by atoms with Crippen LogP contribution in [0.15, 0.2) is 47.2 Å². The summed E-state index contributed by atoms with van der Waals surface area (Å²) < 4.78 is 5.18. The Bertz CT molecular complexity index is 792. The summed E-state index contributed by atoms with van der Waals surface area (Å²) in [6.45, 7) is 0. The minimum absolute atomic E-state index is 0.143. The second-order valence-corrected chi connectivity index (χ2v) is 4.42. The van der Waals surface area contributed by atoms with E-state index in [4.69, 9.17) is 4.42 Å². The molecule has 3 aromatic rings. The van der Waals surface area contributed by atoms with Crippen molar-refractivity contribution in [1.82, 2.24) is 4.98 Å². The van der Waals surface area contributed by atoms with Crippen LogP contribution in [0.5, 0.6) is 0 Å². The average molecular weight is 249 g/mol. The number of rotatable bonds is 0. The number of carbonyl (C=O) groups is 2. The third kappa shape index (κ3) is 1.25. The molecule has 1 aliphatic rings. The van der Waals surface area contributed by atoms with Crippen LogP contribution in [0, 0.1) is 0 Å². The zero-order valence-electron chi connectivity index (χ0n) is 9.71. The van der Waals surface area contributed by atoms with Crippen LogP contribution in [0.2, 0.25) is 0 Å². The molecule has 0 radical (unpaired) electrons. The highest BCUT2D eigenvalue weighted by atomic mass is 16.3. The van der Waals surface area contributed by atoms with Crippen molar-refractivity contribution in [3.05, 3.63) is 65.0 Å². The SMILES string of the molecule is O=C1c2ccccc2C(=O)c2cc3ocnc3cc21. The smallest absolute Gasteiger partial charge is 0.194 e. The number of aromatic nitrogens is 1. The van der Waals surface area contributed by atoms with Gasteiger partial charge in [-0.25, -0.2) is 4.98 Å². The molecule has 0 bridgehead atoms. The number of oxazole rings is 1. The van der Waals surface area contributed by atoms with Gasteiger partial charge in [-0.2, -0.15) is 0 Å². The molecule has 0 fully saturated rings. The fourth-order valence-corrected chi connectivity index (χ4v) is 2.45. The van der Waals surface area contributed by atoms with Crippen molar-refractivity contribution in [3.63, 3.8) is 0 Å². The lowest BCUT2D eigenvalue weighted by Crippen LogP contribution is -2.20. The number of carbonyl (C=O) groups excluding carboxylic acids is 2. The monoisotopic (exact) mass is 249 g/mol. The lowest BCUT2D eigenvalue weighted by Gasteiger charge is -2.16.